The highest BCUT2D eigenvalue weighted by Gasteiger charge is 2.27. The molecule has 9 nitrogen and oxygen atoms in total. The van der Waals surface area contributed by atoms with Crippen LogP contribution in [0.25, 0.3) is 0 Å². The molecule has 0 radical (unpaired) electrons. The van der Waals surface area contributed by atoms with Gasteiger partial charge in [0.25, 0.3) is 0 Å². The summed E-state index contributed by atoms with van der Waals surface area (Å²) in [4.78, 5) is 4.68. The van der Waals surface area contributed by atoms with Gasteiger partial charge in [0.15, 0.2) is 5.16 Å². The van der Waals surface area contributed by atoms with Crippen molar-refractivity contribution in [2.24, 2.45) is 0 Å². The molecule has 3 N–H and O–H groups in total. The number of aryl methyl sites for hydroxylation is 1. The minimum Gasteiger partial charge on any atom is -0.463 e. The van der Waals surface area contributed by atoms with Crippen molar-refractivity contribution in [3.8, 4) is 5.75 Å². The summed E-state index contributed by atoms with van der Waals surface area (Å²) in [6.45, 7) is 10.0. The van der Waals surface area contributed by atoms with Gasteiger partial charge >= 0.3 is 0 Å². The van der Waals surface area contributed by atoms with E-state index in [1.165, 1.54) is 0 Å². The number of aromatic nitrogens is 2. The van der Waals surface area contributed by atoms with E-state index >= 15 is 0 Å². The van der Waals surface area contributed by atoms with Crippen LogP contribution >= 0.6 is 11.8 Å². The van der Waals surface area contributed by atoms with Crippen LogP contribution in [0.1, 0.15) is 68.0 Å². The Morgan fingerprint density at radius 2 is 1.95 bits per heavy atom. The van der Waals surface area contributed by atoms with Gasteiger partial charge in [-0.15, -0.1) is 0 Å². The standard InChI is InChI=1S/C33H46N4O5S/c1-33(2)41-24-27-19-26(10-11-31(27)42-33)30(38)21-34-12-5-3-4-6-14-39-15-16-40-23-25-8-7-9-28(18-25)35-20-29-22-37-13-17-43-32(37)36-29/h7-11,18-19,22,30,34-35,38H,3-6,12-17,20-21,23-24H2,1-2H3/t30-/m0/s1. The summed E-state index contributed by atoms with van der Waals surface area (Å²) in [5.41, 5.74) is 5.16. The van der Waals surface area contributed by atoms with E-state index in [9.17, 15) is 5.11 Å². The van der Waals surface area contributed by atoms with Crippen molar-refractivity contribution in [2.45, 2.75) is 82.9 Å². The van der Waals surface area contributed by atoms with Crippen molar-refractivity contribution >= 4 is 17.4 Å². The minimum absolute atomic E-state index is 0.494. The molecule has 5 rings (SSSR count). The van der Waals surface area contributed by atoms with Crippen LogP contribution in [0.5, 0.6) is 5.75 Å². The number of fused-ring (bicyclic) bond motifs is 2. The molecule has 3 heterocycles. The molecule has 1 atom stereocenters. The molecule has 234 valence electrons. The first-order chi connectivity index (χ1) is 20.9. The van der Waals surface area contributed by atoms with Gasteiger partial charge in [-0.3, -0.25) is 0 Å². The van der Waals surface area contributed by atoms with Crippen LogP contribution in [0.2, 0.25) is 0 Å². The summed E-state index contributed by atoms with van der Waals surface area (Å²) in [6, 6.07) is 14.2. The minimum atomic E-state index is -0.608. The first-order valence-corrected chi connectivity index (χ1v) is 16.5. The van der Waals surface area contributed by atoms with E-state index in [1.54, 1.807) is 0 Å². The SMILES string of the molecule is CC1(C)OCc2cc([C@@H](O)CNCCCCCCOCCOCc3cccc(NCc4cn5c(n4)SCC5)c3)ccc2O1. The second kappa shape index (κ2) is 15.9. The number of unbranched alkanes of at least 4 members (excludes halogenated alkanes) is 3. The molecule has 2 aliphatic heterocycles. The molecule has 1 aromatic heterocycles. The summed E-state index contributed by atoms with van der Waals surface area (Å²) < 4.78 is 25.4. The molecule has 0 spiro atoms. The maximum absolute atomic E-state index is 10.6. The third-order valence-corrected chi connectivity index (χ3v) is 8.50. The Balaban J connectivity index is 0.840. The predicted octanol–water partition coefficient (Wildman–Crippen LogP) is 5.66. The van der Waals surface area contributed by atoms with Gasteiger partial charge in [0.1, 0.15) is 5.75 Å². The van der Waals surface area contributed by atoms with Crippen molar-refractivity contribution in [3.63, 3.8) is 0 Å². The number of hydrogen-bond donors (Lipinski definition) is 3. The van der Waals surface area contributed by atoms with Crippen LogP contribution in [-0.4, -0.2) is 59.1 Å². The highest BCUT2D eigenvalue weighted by Crippen LogP contribution is 2.33. The van der Waals surface area contributed by atoms with E-state index < -0.39 is 11.9 Å². The zero-order chi connectivity index (χ0) is 29.9. The van der Waals surface area contributed by atoms with Crippen molar-refractivity contribution < 1.29 is 24.1 Å². The Morgan fingerprint density at radius 1 is 1.07 bits per heavy atom. The predicted molar refractivity (Wildman–Crippen MR) is 169 cm³/mol. The number of rotatable bonds is 18. The van der Waals surface area contributed by atoms with Crippen molar-refractivity contribution in [3.05, 3.63) is 71.0 Å². The molecule has 0 saturated heterocycles. The van der Waals surface area contributed by atoms with Gasteiger partial charge in [0.2, 0.25) is 5.79 Å². The zero-order valence-corrected chi connectivity index (χ0v) is 26.3. The Hall–Kier alpha value is -2.60. The molecule has 0 fully saturated rings. The average molecular weight is 611 g/mol. The number of nitrogens with zero attached hydrogens (tertiary/aromatic N) is 2. The maximum Gasteiger partial charge on any atom is 0.205 e. The van der Waals surface area contributed by atoms with Gasteiger partial charge < -0.3 is 39.3 Å². The number of aliphatic hydroxyl groups excluding tert-OH is 1. The summed E-state index contributed by atoms with van der Waals surface area (Å²) in [5.74, 6) is 1.35. The Bertz CT molecular complexity index is 1280. The first-order valence-electron chi connectivity index (χ1n) is 15.5. The van der Waals surface area contributed by atoms with Gasteiger partial charge in [-0.05, 0) is 54.8 Å². The zero-order valence-electron chi connectivity index (χ0n) is 25.5. The summed E-state index contributed by atoms with van der Waals surface area (Å²) in [5, 5.41) is 18.5. The molecule has 0 amide bonds. The Labute approximate surface area is 259 Å². The van der Waals surface area contributed by atoms with Crippen LogP contribution in [0.15, 0.2) is 53.8 Å². The Morgan fingerprint density at radius 3 is 2.86 bits per heavy atom. The molecule has 0 aliphatic carbocycles. The smallest absolute Gasteiger partial charge is 0.205 e. The largest absolute Gasteiger partial charge is 0.463 e. The van der Waals surface area contributed by atoms with Gasteiger partial charge in [0, 0.05) is 56.7 Å². The molecule has 0 unspecified atom stereocenters. The van der Waals surface area contributed by atoms with E-state index in [-0.39, 0.29) is 0 Å². The number of anilines is 1. The molecule has 43 heavy (non-hydrogen) atoms. The second-order valence-electron chi connectivity index (χ2n) is 11.6. The van der Waals surface area contributed by atoms with Crippen LogP contribution in [-0.2, 0) is 40.5 Å². The molecule has 2 aromatic carbocycles. The fourth-order valence-electron chi connectivity index (χ4n) is 5.15. The van der Waals surface area contributed by atoms with Gasteiger partial charge in [0.05, 0.1) is 44.8 Å². The number of hydrogen-bond acceptors (Lipinski definition) is 9. The van der Waals surface area contributed by atoms with E-state index in [0.29, 0.717) is 33.0 Å². The molecule has 10 heteroatoms. The second-order valence-corrected chi connectivity index (χ2v) is 12.6. The van der Waals surface area contributed by atoms with Gasteiger partial charge in [-0.2, -0.15) is 0 Å². The topological polar surface area (TPSA) is 99.0 Å². The maximum atomic E-state index is 10.6. The van der Waals surface area contributed by atoms with Crippen LogP contribution in [0.4, 0.5) is 5.69 Å². The first kappa shape index (κ1) is 31.8. The lowest BCUT2D eigenvalue weighted by molar-refractivity contribution is -0.180. The monoisotopic (exact) mass is 610 g/mol. The molecule has 3 aromatic rings. The number of aliphatic hydroxyl groups is 1. The van der Waals surface area contributed by atoms with E-state index in [2.05, 4.69) is 50.6 Å². The number of benzene rings is 2. The fraction of sp³-hybridized carbons (Fsp3) is 0.545. The van der Waals surface area contributed by atoms with E-state index in [0.717, 1.165) is 96.7 Å². The number of imidazole rings is 1. The Kier molecular flexibility index (Phi) is 11.8. The molecule has 0 bridgehead atoms. The van der Waals surface area contributed by atoms with Crippen LogP contribution in [0.3, 0.4) is 0 Å². The highest BCUT2D eigenvalue weighted by atomic mass is 32.2. The number of ether oxygens (including phenoxy) is 4. The lowest BCUT2D eigenvalue weighted by atomic mass is 10.0. The van der Waals surface area contributed by atoms with Crippen molar-refractivity contribution in [2.75, 3.05) is 44.0 Å². The van der Waals surface area contributed by atoms with Crippen LogP contribution in [0, 0.1) is 0 Å². The summed E-state index contributed by atoms with van der Waals surface area (Å²) in [7, 11) is 0. The van der Waals surface area contributed by atoms with E-state index in [4.69, 9.17) is 18.9 Å². The molecule has 0 saturated carbocycles. The lowest BCUT2D eigenvalue weighted by Crippen LogP contribution is -2.35. The molecular formula is C33H46N4O5S. The summed E-state index contributed by atoms with van der Waals surface area (Å²) >= 11 is 1.82. The number of thioether (sulfide) groups is 1. The molecular weight excluding hydrogens is 564 g/mol. The third-order valence-electron chi connectivity index (χ3n) is 7.52. The quantitative estimate of drug-likeness (QED) is 0.158. The normalized spacial score (nSPS) is 16.0. The molecule has 2 aliphatic rings. The highest BCUT2D eigenvalue weighted by molar-refractivity contribution is 7.99. The number of nitrogens with one attached hydrogen (secondary N) is 2. The van der Waals surface area contributed by atoms with Crippen molar-refractivity contribution in [1.29, 1.82) is 0 Å². The van der Waals surface area contributed by atoms with Crippen molar-refractivity contribution in [1.82, 2.24) is 14.9 Å². The average Bonchev–Trinajstić information content (AvgIpc) is 3.60. The lowest BCUT2D eigenvalue weighted by Gasteiger charge is -2.33. The summed E-state index contributed by atoms with van der Waals surface area (Å²) in [6.07, 6.45) is 5.99. The van der Waals surface area contributed by atoms with E-state index in [1.807, 2.05) is 43.8 Å². The van der Waals surface area contributed by atoms with Crippen LogP contribution < -0.4 is 15.4 Å². The third kappa shape index (κ3) is 9.96. The fourth-order valence-corrected chi connectivity index (χ4v) is 6.11. The van der Waals surface area contributed by atoms with Gasteiger partial charge in [-0.25, -0.2) is 4.98 Å². The van der Waals surface area contributed by atoms with Gasteiger partial charge in [-0.1, -0.05) is 42.8 Å².